The summed E-state index contributed by atoms with van der Waals surface area (Å²) in [4.78, 5) is 25.3. The minimum Gasteiger partial charge on any atom is -0.462 e. The van der Waals surface area contributed by atoms with Gasteiger partial charge in [-0.15, -0.1) is 0 Å². The summed E-state index contributed by atoms with van der Waals surface area (Å²) >= 11 is 0. The van der Waals surface area contributed by atoms with E-state index < -0.39 is 40.8 Å². The number of benzene rings is 1. The Bertz CT molecular complexity index is 1040. The molecule has 0 bridgehead atoms. The summed E-state index contributed by atoms with van der Waals surface area (Å²) < 4.78 is 11.8. The van der Waals surface area contributed by atoms with Crippen LogP contribution in [-0.2, 0) is 14.3 Å². The van der Waals surface area contributed by atoms with Gasteiger partial charge < -0.3 is 24.8 Å². The highest BCUT2D eigenvalue weighted by Gasteiger charge is 2.77. The van der Waals surface area contributed by atoms with Crippen LogP contribution in [0.25, 0.3) is 0 Å². The minimum absolute atomic E-state index is 0.0770. The molecule has 37 heavy (non-hydrogen) atoms. The van der Waals surface area contributed by atoms with E-state index in [2.05, 4.69) is 6.92 Å². The zero-order valence-corrected chi connectivity index (χ0v) is 22.5. The summed E-state index contributed by atoms with van der Waals surface area (Å²) in [6, 6.07) is 8.66. The molecule has 0 radical (unpaired) electrons. The molecule has 0 saturated heterocycles. The summed E-state index contributed by atoms with van der Waals surface area (Å²) in [5.41, 5.74) is -3.79. The molecule has 1 aromatic rings. The highest BCUT2D eigenvalue weighted by Crippen LogP contribution is 2.71. The monoisotopic (exact) mass is 514 g/mol. The molecule has 3 N–H and O–H groups in total. The second-order valence-electron chi connectivity index (χ2n) is 12.7. The molecule has 1 aromatic carbocycles. The van der Waals surface area contributed by atoms with Crippen molar-refractivity contribution >= 4 is 11.9 Å². The van der Waals surface area contributed by atoms with Gasteiger partial charge in [0.05, 0.1) is 22.7 Å². The van der Waals surface area contributed by atoms with E-state index in [0.29, 0.717) is 24.3 Å². The van der Waals surface area contributed by atoms with Gasteiger partial charge >= 0.3 is 11.9 Å². The zero-order valence-electron chi connectivity index (χ0n) is 22.5. The van der Waals surface area contributed by atoms with Gasteiger partial charge in [-0.05, 0) is 93.6 Å². The van der Waals surface area contributed by atoms with Crippen LogP contribution >= 0.6 is 0 Å². The van der Waals surface area contributed by atoms with Gasteiger partial charge in [0.25, 0.3) is 0 Å². The highest BCUT2D eigenvalue weighted by molar-refractivity contribution is 5.89. The highest BCUT2D eigenvalue weighted by atomic mass is 16.6. The second kappa shape index (κ2) is 9.06. The molecular formula is C30H42O7. The maximum atomic E-state index is 12.9. The number of aliphatic hydroxyl groups is 3. The molecule has 5 rings (SSSR count). The first-order chi connectivity index (χ1) is 17.4. The maximum absolute atomic E-state index is 12.9. The van der Waals surface area contributed by atoms with E-state index in [4.69, 9.17) is 9.47 Å². The van der Waals surface area contributed by atoms with Crippen molar-refractivity contribution in [1.29, 1.82) is 0 Å². The molecule has 4 fully saturated rings. The molecule has 4 aliphatic rings. The zero-order chi connectivity index (χ0) is 26.8. The van der Waals surface area contributed by atoms with E-state index in [1.807, 2.05) is 13.0 Å². The number of esters is 2. The number of rotatable bonds is 4. The lowest BCUT2D eigenvalue weighted by atomic mass is 9.42. The summed E-state index contributed by atoms with van der Waals surface area (Å²) in [6.45, 7) is 7.15. The van der Waals surface area contributed by atoms with Crippen molar-refractivity contribution in [1.82, 2.24) is 0 Å². The molecule has 0 heterocycles. The molecule has 4 saturated carbocycles. The van der Waals surface area contributed by atoms with Gasteiger partial charge in [-0.25, -0.2) is 4.79 Å². The SMILES string of the molecule is CC(=O)OC1CC2C(CCC3CC(O)CCC32C)C2(O)CCC(O)(C(C)OC(=O)c3ccccc3)C12C. The molecule has 0 spiro atoms. The van der Waals surface area contributed by atoms with Gasteiger partial charge in [-0.1, -0.05) is 32.0 Å². The lowest BCUT2D eigenvalue weighted by Gasteiger charge is -2.66. The van der Waals surface area contributed by atoms with Gasteiger partial charge in [0.1, 0.15) is 17.8 Å². The fourth-order valence-electron chi connectivity index (χ4n) is 9.14. The van der Waals surface area contributed by atoms with Gasteiger partial charge in [0.15, 0.2) is 0 Å². The average Bonchev–Trinajstić information content (AvgIpc) is 3.08. The van der Waals surface area contributed by atoms with Crippen LogP contribution in [-0.4, -0.2) is 56.8 Å². The van der Waals surface area contributed by atoms with Gasteiger partial charge in [0.2, 0.25) is 0 Å². The first-order valence-corrected chi connectivity index (χ1v) is 13.9. The van der Waals surface area contributed by atoms with Crippen LogP contribution in [0.4, 0.5) is 0 Å². The van der Waals surface area contributed by atoms with Crippen LogP contribution in [0, 0.1) is 28.6 Å². The van der Waals surface area contributed by atoms with E-state index in [1.54, 1.807) is 31.2 Å². The summed E-state index contributed by atoms with van der Waals surface area (Å²) in [6.07, 6.45) is 3.27. The molecule has 10 unspecified atom stereocenters. The van der Waals surface area contributed by atoms with Crippen LogP contribution in [0.2, 0.25) is 0 Å². The van der Waals surface area contributed by atoms with Crippen molar-refractivity contribution in [3.05, 3.63) is 35.9 Å². The van der Waals surface area contributed by atoms with Crippen LogP contribution in [0.3, 0.4) is 0 Å². The first kappa shape index (κ1) is 26.6. The smallest absolute Gasteiger partial charge is 0.338 e. The van der Waals surface area contributed by atoms with Crippen molar-refractivity contribution in [2.75, 3.05) is 0 Å². The topological polar surface area (TPSA) is 113 Å². The second-order valence-corrected chi connectivity index (χ2v) is 12.7. The summed E-state index contributed by atoms with van der Waals surface area (Å²) in [5.74, 6) is -0.606. The van der Waals surface area contributed by atoms with Gasteiger partial charge in [-0.2, -0.15) is 0 Å². The number of carbonyl (C=O) groups excluding carboxylic acids is 2. The maximum Gasteiger partial charge on any atom is 0.338 e. The van der Waals surface area contributed by atoms with E-state index in [1.165, 1.54) is 6.92 Å². The normalized spacial score (nSPS) is 45.6. The van der Waals surface area contributed by atoms with Crippen molar-refractivity contribution < 1.29 is 34.4 Å². The predicted octanol–water partition coefficient (Wildman–Crippen LogP) is 4.02. The fourth-order valence-corrected chi connectivity index (χ4v) is 9.14. The van der Waals surface area contributed by atoms with Crippen molar-refractivity contribution in [2.45, 2.75) is 109 Å². The lowest BCUT2D eigenvalue weighted by Crippen LogP contribution is -2.72. The van der Waals surface area contributed by atoms with E-state index >= 15 is 0 Å². The van der Waals surface area contributed by atoms with Crippen molar-refractivity contribution in [3.63, 3.8) is 0 Å². The number of ether oxygens (including phenoxy) is 2. The third-order valence-electron chi connectivity index (χ3n) is 11.3. The molecule has 0 amide bonds. The first-order valence-electron chi connectivity index (χ1n) is 13.9. The Kier molecular flexibility index (Phi) is 6.52. The third-order valence-corrected chi connectivity index (χ3v) is 11.3. The molecule has 0 aliphatic heterocycles. The fraction of sp³-hybridized carbons (Fsp3) is 0.733. The Morgan fingerprint density at radius 3 is 2.35 bits per heavy atom. The minimum atomic E-state index is -1.59. The Hall–Kier alpha value is -1.96. The number of hydrogen-bond acceptors (Lipinski definition) is 7. The van der Waals surface area contributed by atoms with E-state index in [-0.39, 0.29) is 29.8 Å². The summed E-state index contributed by atoms with van der Waals surface area (Å²) in [5, 5.41) is 35.3. The predicted molar refractivity (Wildman–Crippen MR) is 136 cm³/mol. The Balaban J connectivity index is 1.51. The summed E-state index contributed by atoms with van der Waals surface area (Å²) in [7, 11) is 0. The molecule has 0 aromatic heterocycles. The van der Waals surface area contributed by atoms with Crippen molar-refractivity contribution in [3.8, 4) is 0 Å². The Morgan fingerprint density at radius 1 is 0.973 bits per heavy atom. The largest absolute Gasteiger partial charge is 0.462 e. The number of aliphatic hydroxyl groups excluding tert-OH is 1. The molecule has 10 atom stereocenters. The molecular weight excluding hydrogens is 472 g/mol. The average molecular weight is 515 g/mol. The van der Waals surface area contributed by atoms with E-state index in [0.717, 1.165) is 32.1 Å². The Labute approximate surface area is 219 Å². The van der Waals surface area contributed by atoms with Crippen LogP contribution in [0.15, 0.2) is 30.3 Å². The number of hydrogen-bond donors (Lipinski definition) is 3. The molecule has 7 nitrogen and oxygen atoms in total. The lowest BCUT2D eigenvalue weighted by molar-refractivity contribution is -0.288. The van der Waals surface area contributed by atoms with Gasteiger partial charge in [0, 0.05) is 6.92 Å². The quantitative estimate of drug-likeness (QED) is 0.520. The standard InChI is InChI=1S/C30H42O7/c1-18(36-26(33)20-8-6-5-7-9-20)29(34)14-15-30(35)23-11-10-21-16-22(32)12-13-27(21,3)24(23)17-25(28(29,30)4)37-19(2)31/h5-9,18,21-25,32,34-35H,10-17H2,1-4H3. The van der Waals surface area contributed by atoms with Crippen molar-refractivity contribution in [2.24, 2.45) is 28.6 Å². The number of carbonyl (C=O) groups is 2. The number of fused-ring (bicyclic) bond motifs is 5. The van der Waals surface area contributed by atoms with Gasteiger partial charge in [-0.3, -0.25) is 4.79 Å². The third kappa shape index (κ3) is 3.79. The van der Waals surface area contributed by atoms with Crippen LogP contribution in [0.5, 0.6) is 0 Å². The Morgan fingerprint density at radius 2 is 1.68 bits per heavy atom. The molecule has 7 heteroatoms. The van der Waals surface area contributed by atoms with Crippen LogP contribution in [0.1, 0.15) is 89.4 Å². The molecule has 4 aliphatic carbocycles. The molecule has 204 valence electrons. The van der Waals surface area contributed by atoms with Crippen LogP contribution < -0.4 is 0 Å². The van der Waals surface area contributed by atoms with E-state index in [9.17, 15) is 24.9 Å².